The lowest BCUT2D eigenvalue weighted by atomic mass is 9.99. The van der Waals surface area contributed by atoms with Crippen molar-refractivity contribution in [2.24, 2.45) is 0 Å². The van der Waals surface area contributed by atoms with Crippen molar-refractivity contribution in [1.82, 2.24) is 9.97 Å². The number of imidazole rings is 1. The van der Waals surface area contributed by atoms with Crippen LogP contribution >= 0.6 is 0 Å². The van der Waals surface area contributed by atoms with E-state index in [1.54, 1.807) is 13.3 Å². The van der Waals surface area contributed by atoms with Crippen molar-refractivity contribution in [2.75, 3.05) is 7.11 Å². The molecule has 1 heterocycles. The Labute approximate surface area is 165 Å². The average Bonchev–Trinajstić information content (AvgIpc) is 3.23. The minimum absolute atomic E-state index is 0.638. The van der Waals surface area contributed by atoms with Gasteiger partial charge in [-0.15, -0.1) is 0 Å². The molecule has 0 fully saturated rings. The first-order chi connectivity index (χ1) is 14.0. The Morgan fingerprint density at radius 2 is 1.41 bits per heavy atom. The SMILES string of the molecule is COc1ccc(-c2ccccc2-c2ncc(-c3ccc(C(F)(F)F)cc3)[nH]2)cc1. The van der Waals surface area contributed by atoms with Gasteiger partial charge in [-0.05, 0) is 41.0 Å². The van der Waals surface area contributed by atoms with E-state index >= 15 is 0 Å². The number of methoxy groups -OCH3 is 1. The highest BCUT2D eigenvalue weighted by Gasteiger charge is 2.30. The molecule has 1 N–H and O–H groups in total. The number of nitrogens with one attached hydrogen (secondary N) is 1. The van der Waals surface area contributed by atoms with Crippen molar-refractivity contribution in [1.29, 1.82) is 0 Å². The smallest absolute Gasteiger partial charge is 0.416 e. The predicted octanol–water partition coefficient (Wildman–Crippen LogP) is 6.44. The van der Waals surface area contributed by atoms with Crippen molar-refractivity contribution in [3.63, 3.8) is 0 Å². The summed E-state index contributed by atoms with van der Waals surface area (Å²) < 4.78 is 43.5. The molecule has 3 aromatic carbocycles. The van der Waals surface area contributed by atoms with Crippen LogP contribution in [-0.2, 0) is 6.18 Å². The molecular formula is C23H17F3N2O. The monoisotopic (exact) mass is 394 g/mol. The summed E-state index contributed by atoms with van der Waals surface area (Å²) in [6.07, 6.45) is -2.72. The van der Waals surface area contributed by atoms with Crippen molar-refractivity contribution in [3.8, 4) is 39.5 Å². The summed E-state index contributed by atoms with van der Waals surface area (Å²) in [4.78, 5) is 7.67. The summed E-state index contributed by atoms with van der Waals surface area (Å²) in [6, 6.07) is 20.6. The second-order valence-corrected chi connectivity index (χ2v) is 6.49. The van der Waals surface area contributed by atoms with Crippen LogP contribution < -0.4 is 4.74 Å². The Morgan fingerprint density at radius 1 is 0.793 bits per heavy atom. The number of halogens is 3. The maximum Gasteiger partial charge on any atom is 0.416 e. The zero-order valence-corrected chi connectivity index (χ0v) is 15.5. The zero-order chi connectivity index (χ0) is 20.4. The molecule has 0 aliphatic heterocycles. The second kappa shape index (κ2) is 7.47. The van der Waals surface area contributed by atoms with E-state index in [1.165, 1.54) is 12.1 Å². The number of hydrogen-bond acceptors (Lipinski definition) is 2. The maximum atomic E-state index is 12.8. The van der Waals surface area contributed by atoms with E-state index in [4.69, 9.17) is 4.74 Å². The Kier molecular flexibility index (Phi) is 4.84. The highest BCUT2D eigenvalue weighted by molar-refractivity contribution is 5.81. The van der Waals surface area contributed by atoms with Crippen molar-refractivity contribution in [3.05, 3.63) is 84.6 Å². The first kappa shape index (κ1) is 18.8. The molecule has 4 aromatic rings. The highest BCUT2D eigenvalue weighted by Crippen LogP contribution is 2.34. The standard InChI is InChI=1S/C23H17F3N2O/c1-29-18-12-8-15(9-13-18)19-4-2-3-5-20(19)22-27-14-21(28-22)16-6-10-17(11-7-16)23(24,25)26/h2-14H,1H3,(H,27,28). The van der Waals surface area contributed by atoms with Gasteiger partial charge in [0.1, 0.15) is 11.6 Å². The quantitative estimate of drug-likeness (QED) is 0.433. The fourth-order valence-electron chi connectivity index (χ4n) is 3.16. The third kappa shape index (κ3) is 3.87. The van der Waals surface area contributed by atoms with Gasteiger partial charge in [0.05, 0.1) is 24.6 Å². The Hall–Kier alpha value is -3.54. The number of alkyl halides is 3. The molecule has 6 heteroatoms. The minimum Gasteiger partial charge on any atom is -0.497 e. The molecule has 0 saturated carbocycles. The lowest BCUT2D eigenvalue weighted by Crippen LogP contribution is -2.03. The number of nitrogens with zero attached hydrogens (tertiary/aromatic N) is 1. The van der Waals surface area contributed by atoms with Crippen LogP contribution in [-0.4, -0.2) is 17.1 Å². The van der Waals surface area contributed by atoms with E-state index in [-0.39, 0.29) is 0 Å². The number of rotatable bonds is 4. The molecule has 3 nitrogen and oxygen atoms in total. The average molecular weight is 394 g/mol. The van der Waals surface area contributed by atoms with Gasteiger partial charge in [-0.3, -0.25) is 0 Å². The van der Waals surface area contributed by atoms with Gasteiger partial charge in [-0.2, -0.15) is 13.2 Å². The van der Waals surface area contributed by atoms with Crippen molar-refractivity contribution < 1.29 is 17.9 Å². The van der Waals surface area contributed by atoms with Crippen LogP contribution in [0.1, 0.15) is 5.56 Å². The third-order valence-corrected chi connectivity index (χ3v) is 4.68. The first-order valence-electron chi connectivity index (χ1n) is 8.92. The molecule has 0 radical (unpaired) electrons. The summed E-state index contributed by atoms with van der Waals surface area (Å²) in [5.41, 5.74) is 3.51. The van der Waals surface area contributed by atoms with E-state index in [9.17, 15) is 13.2 Å². The maximum absolute atomic E-state index is 12.8. The molecule has 0 aliphatic rings. The first-order valence-corrected chi connectivity index (χ1v) is 8.92. The van der Waals surface area contributed by atoms with Crippen LogP contribution in [0.25, 0.3) is 33.8 Å². The van der Waals surface area contributed by atoms with E-state index in [2.05, 4.69) is 9.97 Å². The summed E-state index contributed by atoms with van der Waals surface area (Å²) >= 11 is 0. The molecule has 0 aliphatic carbocycles. The van der Waals surface area contributed by atoms with Gasteiger partial charge >= 0.3 is 6.18 Å². The summed E-state index contributed by atoms with van der Waals surface area (Å²) in [6.45, 7) is 0. The predicted molar refractivity (Wildman–Crippen MR) is 106 cm³/mol. The van der Waals surface area contributed by atoms with E-state index in [0.29, 0.717) is 17.1 Å². The largest absolute Gasteiger partial charge is 0.497 e. The zero-order valence-electron chi connectivity index (χ0n) is 15.5. The molecule has 4 rings (SSSR count). The third-order valence-electron chi connectivity index (χ3n) is 4.68. The fourth-order valence-corrected chi connectivity index (χ4v) is 3.16. The van der Waals surface area contributed by atoms with Gasteiger partial charge in [0.15, 0.2) is 0 Å². The van der Waals surface area contributed by atoms with E-state index < -0.39 is 11.7 Å². The number of aromatic amines is 1. The summed E-state index contributed by atoms with van der Waals surface area (Å²) in [5, 5.41) is 0. The lowest BCUT2D eigenvalue weighted by molar-refractivity contribution is -0.137. The molecule has 0 unspecified atom stereocenters. The summed E-state index contributed by atoms with van der Waals surface area (Å²) in [7, 11) is 1.62. The van der Waals surface area contributed by atoms with Gasteiger partial charge in [0.2, 0.25) is 0 Å². The Bertz CT molecular complexity index is 1110. The molecule has 146 valence electrons. The minimum atomic E-state index is -4.35. The molecule has 0 bridgehead atoms. The second-order valence-electron chi connectivity index (χ2n) is 6.49. The molecule has 0 amide bonds. The number of H-pyrrole nitrogens is 1. The highest BCUT2D eigenvalue weighted by atomic mass is 19.4. The van der Waals surface area contributed by atoms with Gasteiger partial charge in [0, 0.05) is 5.56 Å². The summed E-state index contributed by atoms with van der Waals surface area (Å²) in [5.74, 6) is 1.42. The van der Waals surface area contributed by atoms with Crippen LogP contribution in [0, 0.1) is 0 Å². The number of ether oxygens (including phenoxy) is 1. The van der Waals surface area contributed by atoms with Crippen LogP contribution in [0.4, 0.5) is 13.2 Å². The molecule has 29 heavy (non-hydrogen) atoms. The number of aromatic nitrogens is 2. The molecule has 1 aromatic heterocycles. The fraction of sp³-hybridized carbons (Fsp3) is 0.0870. The van der Waals surface area contributed by atoms with Crippen LogP contribution in [0.15, 0.2) is 79.0 Å². The van der Waals surface area contributed by atoms with Gasteiger partial charge in [0.25, 0.3) is 0 Å². The van der Waals surface area contributed by atoms with E-state index in [1.807, 2.05) is 48.5 Å². The molecule has 0 atom stereocenters. The van der Waals surface area contributed by atoms with Gasteiger partial charge in [-0.1, -0.05) is 48.5 Å². The number of benzene rings is 3. The normalized spacial score (nSPS) is 11.4. The van der Waals surface area contributed by atoms with Crippen LogP contribution in [0.2, 0.25) is 0 Å². The van der Waals surface area contributed by atoms with Crippen LogP contribution in [0.5, 0.6) is 5.75 Å². The van der Waals surface area contributed by atoms with E-state index in [0.717, 1.165) is 34.6 Å². The molecular weight excluding hydrogens is 377 g/mol. The lowest BCUT2D eigenvalue weighted by Gasteiger charge is -2.09. The molecule has 0 spiro atoms. The van der Waals surface area contributed by atoms with Crippen molar-refractivity contribution >= 4 is 0 Å². The number of hydrogen-bond donors (Lipinski definition) is 1. The topological polar surface area (TPSA) is 37.9 Å². The van der Waals surface area contributed by atoms with Gasteiger partial charge in [-0.25, -0.2) is 4.98 Å². The van der Waals surface area contributed by atoms with Crippen molar-refractivity contribution in [2.45, 2.75) is 6.18 Å². The Balaban J connectivity index is 1.68. The Morgan fingerprint density at radius 3 is 2.03 bits per heavy atom. The van der Waals surface area contributed by atoms with Crippen LogP contribution in [0.3, 0.4) is 0 Å². The van der Waals surface area contributed by atoms with Gasteiger partial charge < -0.3 is 9.72 Å². The molecule has 0 saturated heterocycles.